The average molecular weight is 454 g/mol. The van der Waals surface area contributed by atoms with Gasteiger partial charge >= 0.3 is 0 Å². The first-order chi connectivity index (χ1) is 15.7. The second-order valence-electron chi connectivity index (χ2n) is 7.67. The fraction of sp³-hybridized carbons (Fsp3) is 0.227. The first-order valence-corrected chi connectivity index (χ1v) is 10.0. The first-order valence-electron chi connectivity index (χ1n) is 10.0. The van der Waals surface area contributed by atoms with Crippen molar-refractivity contribution >= 4 is 5.91 Å². The number of carbonyl (C=O) groups is 1. The molecule has 9 nitrogen and oxygen atoms in total. The van der Waals surface area contributed by atoms with Crippen molar-refractivity contribution in [2.45, 2.75) is 31.9 Å². The molecule has 1 amide bonds. The summed E-state index contributed by atoms with van der Waals surface area (Å²) in [5.41, 5.74) is 5.04. The van der Waals surface area contributed by atoms with Crippen LogP contribution in [0.15, 0.2) is 53.4 Å². The molecule has 3 N–H and O–H groups in total. The van der Waals surface area contributed by atoms with Gasteiger partial charge in [-0.05, 0) is 31.9 Å². The van der Waals surface area contributed by atoms with E-state index in [9.17, 15) is 18.7 Å². The molecule has 3 heterocycles. The van der Waals surface area contributed by atoms with Crippen molar-refractivity contribution in [3.63, 3.8) is 0 Å². The Labute approximate surface area is 186 Å². The number of benzene rings is 1. The van der Waals surface area contributed by atoms with E-state index in [-0.39, 0.29) is 36.7 Å². The van der Waals surface area contributed by atoms with Crippen molar-refractivity contribution in [3.05, 3.63) is 71.8 Å². The Kier molecular flexibility index (Phi) is 5.97. The standard InChI is InChI=1S/C22H20F2N6O3/c1-22(32,21(25)31)8-6-16-15(24)11-26-20(27-16)18-10-19(17-7-9-33-29-17)30(28-18)12-13-4-2-3-5-14(13)23/h2-5,7,9-11,32H,6,8,12H2,1H3,(H2,25,31)/t22-/m1/s1. The van der Waals surface area contributed by atoms with Gasteiger partial charge in [0.2, 0.25) is 5.91 Å². The van der Waals surface area contributed by atoms with Crippen LogP contribution in [0.2, 0.25) is 0 Å². The van der Waals surface area contributed by atoms with Gasteiger partial charge in [0.1, 0.15) is 29.1 Å². The summed E-state index contributed by atoms with van der Waals surface area (Å²) in [6, 6.07) is 9.56. The fourth-order valence-electron chi connectivity index (χ4n) is 3.17. The highest BCUT2D eigenvalue weighted by Crippen LogP contribution is 2.25. The van der Waals surface area contributed by atoms with Crippen LogP contribution in [-0.2, 0) is 17.8 Å². The number of carbonyl (C=O) groups excluding carboxylic acids is 1. The molecule has 1 aromatic carbocycles. The molecule has 170 valence electrons. The van der Waals surface area contributed by atoms with Crippen molar-refractivity contribution in [2.24, 2.45) is 5.73 Å². The zero-order chi connectivity index (χ0) is 23.6. The molecule has 33 heavy (non-hydrogen) atoms. The van der Waals surface area contributed by atoms with Crippen molar-refractivity contribution in [1.29, 1.82) is 0 Å². The molecule has 0 spiro atoms. The van der Waals surface area contributed by atoms with Gasteiger partial charge < -0.3 is 15.4 Å². The highest BCUT2D eigenvalue weighted by Gasteiger charge is 2.28. The largest absolute Gasteiger partial charge is 0.380 e. The van der Waals surface area contributed by atoms with Crippen LogP contribution >= 0.6 is 0 Å². The Hall–Kier alpha value is -3.99. The molecule has 4 rings (SSSR count). The minimum Gasteiger partial charge on any atom is -0.380 e. The topological polar surface area (TPSA) is 133 Å². The third kappa shape index (κ3) is 4.77. The van der Waals surface area contributed by atoms with Gasteiger partial charge in [0, 0.05) is 11.6 Å². The smallest absolute Gasteiger partial charge is 0.249 e. The van der Waals surface area contributed by atoms with Gasteiger partial charge in [0.25, 0.3) is 0 Å². The molecule has 0 aliphatic carbocycles. The Morgan fingerprint density at radius 3 is 2.70 bits per heavy atom. The van der Waals surface area contributed by atoms with E-state index in [1.54, 1.807) is 30.3 Å². The van der Waals surface area contributed by atoms with Crippen molar-refractivity contribution in [1.82, 2.24) is 24.9 Å². The Balaban J connectivity index is 1.69. The molecule has 0 saturated carbocycles. The monoisotopic (exact) mass is 454 g/mol. The highest BCUT2D eigenvalue weighted by molar-refractivity contribution is 5.82. The lowest BCUT2D eigenvalue weighted by molar-refractivity contribution is -0.135. The quantitative estimate of drug-likeness (QED) is 0.418. The molecule has 11 heteroatoms. The molecular weight excluding hydrogens is 434 g/mol. The van der Waals surface area contributed by atoms with Gasteiger partial charge in [-0.3, -0.25) is 9.48 Å². The summed E-state index contributed by atoms with van der Waals surface area (Å²) < 4.78 is 35.0. The second-order valence-corrected chi connectivity index (χ2v) is 7.67. The molecule has 0 aliphatic heterocycles. The van der Waals surface area contributed by atoms with Crippen LogP contribution in [0.5, 0.6) is 0 Å². The molecule has 3 aromatic heterocycles. The number of primary amides is 1. The number of halogens is 2. The van der Waals surface area contributed by atoms with Crippen molar-refractivity contribution in [3.8, 4) is 22.9 Å². The van der Waals surface area contributed by atoms with Gasteiger partial charge in [0.05, 0.1) is 24.1 Å². The lowest BCUT2D eigenvalue weighted by Crippen LogP contribution is -2.41. The van der Waals surface area contributed by atoms with E-state index in [2.05, 4.69) is 20.2 Å². The van der Waals surface area contributed by atoms with Crippen LogP contribution in [0.1, 0.15) is 24.6 Å². The molecule has 1 atom stereocenters. The van der Waals surface area contributed by atoms with Crippen LogP contribution in [0, 0.1) is 11.6 Å². The summed E-state index contributed by atoms with van der Waals surface area (Å²) in [5.74, 6) is -1.88. The fourth-order valence-corrected chi connectivity index (χ4v) is 3.17. The zero-order valence-electron chi connectivity index (χ0n) is 17.6. The van der Waals surface area contributed by atoms with Gasteiger partial charge in [-0.2, -0.15) is 5.10 Å². The molecule has 0 unspecified atom stereocenters. The molecule has 0 fully saturated rings. The number of amides is 1. The average Bonchev–Trinajstić information content (AvgIpc) is 3.45. The maximum atomic E-state index is 14.3. The van der Waals surface area contributed by atoms with E-state index in [1.807, 2.05) is 0 Å². The highest BCUT2D eigenvalue weighted by atomic mass is 19.1. The SMILES string of the molecule is C[C@@](O)(CCc1nc(-c2cc(-c3ccon3)n(Cc3ccccc3F)n2)ncc1F)C(N)=O. The Morgan fingerprint density at radius 1 is 1.21 bits per heavy atom. The van der Waals surface area contributed by atoms with E-state index in [1.165, 1.54) is 23.9 Å². The van der Waals surface area contributed by atoms with E-state index >= 15 is 0 Å². The lowest BCUT2D eigenvalue weighted by Gasteiger charge is -2.18. The summed E-state index contributed by atoms with van der Waals surface area (Å²) in [7, 11) is 0. The molecular formula is C22H20F2N6O3. The molecule has 0 radical (unpaired) electrons. The van der Waals surface area contributed by atoms with E-state index in [0.717, 1.165) is 6.20 Å². The maximum absolute atomic E-state index is 14.3. The lowest BCUT2D eigenvalue weighted by atomic mass is 9.98. The van der Waals surface area contributed by atoms with Gasteiger partial charge in [-0.15, -0.1) is 0 Å². The summed E-state index contributed by atoms with van der Waals surface area (Å²) in [5, 5.41) is 18.4. The summed E-state index contributed by atoms with van der Waals surface area (Å²) in [6.45, 7) is 1.36. The molecule has 4 aromatic rings. The van der Waals surface area contributed by atoms with Crippen LogP contribution in [0.25, 0.3) is 22.9 Å². The van der Waals surface area contributed by atoms with E-state index < -0.39 is 17.3 Å². The molecule has 0 aliphatic rings. The third-order valence-electron chi connectivity index (χ3n) is 5.18. The van der Waals surface area contributed by atoms with Crippen molar-refractivity contribution in [2.75, 3.05) is 0 Å². The predicted octanol–water partition coefficient (Wildman–Crippen LogP) is 2.49. The number of rotatable bonds is 8. The Bertz CT molecular complexity index is 1290. The predicted molar refractivity (Wildman–Crippen MR) is 112 cm³/mol. The summed E-state index contributed by atoms with van der Waals surface area (Å²) >= 11 is 0. The van der Waals surface area contributed by atoms with Crippen molar-refractivity contribution < 1.29 is 23.2 Å². The second kappa shape index (κ2) is 8.87. The number of hydrogen-bond acceptors (Lipinski definition) is 7. The number of aryl methyl sites for hydroxylation is 1. The van der Waals surface area contributed by atoms with Crippen LogP contribution in [0.4, 0.5) is 8.78 Å². The molecule has 0 saturated heterocycles. The number of aromatic nitrogens is 5. The van der Waals surface area contributed by atoms with Gasteiger partial charge in [-0.25, -0.2) is 18.7 Å². The Morgan fingerprint density at radius 2 is 2.00 bits per heavy atom. The van der Waals surface area contributed by atoms with Gasteiger partial charge in [-0.1, -0.05) is 23.4 Å². The van der Waals surface area contributed by atoms with Gasteiger partial charge in [0.15, 0.2) is 11.6 Å². The number of aliphatic hydroxyl groups is 1. The zero-order valence-corrected chi connectivity index (χ0v) is 17.6. The molecule has 0 bridgehead atoms. The number of nitrogens with two attached hydrogens (primary N) is 1. The van der Waals surface area contributed by atoms with E-state index in [4.69, 9.17) is 10.3 Å². The minimum absolute atomic E-state index is 0.00633. The first kappa shape index (κ1) is 22.2. The number of hydrogen-bond donors (Lipinski definition) is 2. The summed E-state index contributed by atoms with van der Waals surface area (Å²) in [6.07, 6.45) is 2.21. The van der Waals surface area contributed by atoms with Crippen LogP contribution in [0.3, 0.4) is 0 Å². The minimum atomic E-state index is -1.81. The maximum Gasteiger partial charge on any atom is 0.249 e. The normalized spacial score (nSPS) is 13.1. The third-order valence-corrected chi connectivity index (χ3v) is 5.18. The van der Waals surface area contributed by atoms with Crippen LogP contribution in [-0.4, -0.2) is 41.5 Å². The summed E-state index contributed by atoms with van der Waals surface area (Å²) in [4.78, 5) is 19.6. The van der Waals surface area contributed by atoms with Crippen LogP contribution < -0.4 is 5.73 Å². The number of nitrogens with zero attached hydrogens (tertiary/aromatic N) is 5. The van der Waals surface area contributed by atoms with E-state index in [0.29, 0.717) is 22.6 Å².